The molecule has 0 N–H and O–H groups in total. The summed E-state index contributed by atoms with van der Waals surface area (Å²) in [7, 11) is 0. The molecule has 0 unspecified atom stereocenters. The Bertz CT molecular complexity index is 603. The van der Waals surface area contributed by atoms with E-state index in [1.807, 2.05) is 16.8 Å². The molecule has 0 atom stereocenters. The first-order chi connectivity index (χ1) is 9.17. The van der Waals surface area contributed by atoms with Gasteiger partial charge < -0.3 is 0 Å². The molecule has 0 fully saturated rings. The van der Waals surface area contributed by atoms with E-state index < -0.39 is 0 Å². The number of aryl methyl sites for hydroxylation is 1. The summed E-state index contributed by atoms with van der Waals surface area (Å²) in [4.78, 5) is 0. The van der Waals surface area contributed by atoms with Gasteiger partial charge in [0.25, 0.3) is 0 Å². The number of aromatic nitrogens is 2. The van der Waals surface area contributed by atoms with Crippen LogP contribution in [0, 0.1) is 11.3 Å². The van der Waals surface area contributed by atoms with E-state index in [1.54, 1.807) is 0 Å². The minimum absolute atomic E-state index is 0.362. The molecule has 0 spiro atoms. The second-order valence-corrected chi connectivity index (χ2v) is 4.94. The van der Waals surface area contributed by atoms with E-state index >= 15 is 0 Å². The number of para-hydroxylation sites is 1. The van der Waals surface area contributed by atoms with Crippen molar-refractivity contribution in [2.75, 3.05) is 0 Å². The Kier molecular flexibility index (Phi) is 4.01. The average molecular weight is 253 g/mol. The Morgan fingerprint density at radius 3 is 2.68 bits per heavy atom. The van der Waals surface area contributed by atoms with Gasteiger partial charge in [-0.05, 0) is 30.0 Å². The van der Waals surface area contributed by atoms with Gasteiger partial charge in [0.05, 0.1) is 23.9 Å². The highest BCUT2D eigenvalue weighted by atomic mass is 15.3. The normalized spacial score (nSPS) is 10.7. The van der Waals surface area contributed by atoms with Gasteiger partial charge in [-0.3, -0.25) is 0 Å². The predicted molar refractivity (Wildman–Crippen MR) is 76.3 cm³/mol. The highest BCUT2D eigenvalue weighted by molar-refractivity contribution is 5.42. The van der Waals surface area contributed by atoms with Crippen LogP contribution >= 0.6 is 0 Å². The van der Waals surface area contributed by atoms with Crippen molar-refractivity contribution in [3.63, 3.8) is 0 Å². The third kappa shape index (κ3) is 2.68. The van der Waals surface area contributed by atoms with Crippen LogP contribution in [0.1, 0.15) is 43.6 Å². The number of hydrogen-bond donors (Lipinski definition) is 0. The Hall–Kier alpha value is -2.08. The van der Waals surface area contributed by atoms with Gasteiger partial charge in [-0.15, -0.1) is 0 Å². The lowest BCUT2D eigenvalue weighted by atomic mass is 10.1. The van der Waals surface area contributed by atoms with E-state index in [4.69, 9.17) is 5.26 Å². The van der Waals surface area contributed by atoms with Crippen molar-refractivity contribution in [1.29, 1.82) is 5.26 Å². The molecule has 0 radical (unpaired) electrons. The molecule has 2 aromatic rings. The molecule has 0 aliphatic carbocycles. The monoisotopic (exact) mass is 253 g/mol. The summed E-state index contributed by atoms with van der Waals surface area (Å²) in [6.07, 6.45) is 1.34. The first-order valence-electron chi connectivity index (χ1n) is 6.71. The van der Waals surface area contributed by atoms with Crippen LogP contribution in [-0.4, -0.2) is 9.78 Å². The zero-order valence-corrected chi connectivity index (χ0v) is 11.7. The Balaban J connectivity index is 2.57. The Labute approximate surface area is 114 Å². The molecular formula is C16H19N3. The van der Waals surface area contributed by atoms with Gasteiger partial charge in [-0.2, -0.15) is 10.4 Å². The van der Waals surface area contributed by atoms with E-state index in [2.05, 4.69) is 50.1 Å². The molecule has 2 rings (SSSR count). The zero-order valence-electron chi connectivity index (χ0n) is 11.7. The summed E-state index contributed by atoms with van der Waals surface area (Å²) in [6.45, 7) is 6.45. The summed E-state index contributed by atoms with van der Waals surface area (Å²) in [5, 5.41) is 13.4. The maximum Gasteiger partial charge on any atom is 0.0793 e. The number of rotatable bonds is 4. The zero-order chi connectivity index (χ0) is 13.8. The van der Waals surface area contributed by atoms with Gasteiger partial charge in [-0.1, -0.05) is 39.0 Å². The molecule has 19 heavy (non-hydrogen) atoms. The molecule has 0 aliphatic rings. The lowest BCUT2D eigenvalue weighted by Gasteiger charge is -2.13. The van der Waals surface area contributed by atoms with Gasteiger partial charge in [-0.25, -0.2) is 4.68 Å². The summed E-state index contributed by atoms with van der Waals surface area (Å²) in [6, 6.07) is 12.5. The highest BCUT2D eigenvalue weighted by Crippen LogP contribution is 2.23. The molecule has 1 heterocycles. The maximum atomic E-state index is 8.83. The molecule has 98 valence electrons. The van der Waals surface area contributed by atoms with E-state index in [9.17, 15) is 0 Å². The van der Waals surface area contributed by atoms with E-state index in [0.717, 1.165) is 23.5 Å². The van der Waals surface area contributed by atoms with E-state index in [0.29, 0.717) is 12.3 Å². The standard InChI is InChI=1S/C16H19N3/c1-4-13-7-5-6-8-15(13)19-16(12(2)3)11-14(18-19)9-10-17/h5-8,11-12H,4,9H2,1-3H3. The van der Waals surface area contributed by atoms with Gasteiger partial charge in [0.2, 0.25) is 0 Å². The van der Waals surface area contributed by atoms with Crippen LogP contribution in [0.4, 0.5) is 0 Å². The molecular weight excluding hydrogens is 234 g/mol. The predicted octanol–water partition coefficient (Wildman–Crippen LogP) is 3.62. The second-order valence-electron chi connectivity index (χ2n) is 4.94. The van der Waals surface area contributed by atoms with Gasteiger partial charge >= 0.3 is 0 Å². The van der Waals surface area contributed by atoms with Gasteiger partial charge in [0.15, 0.2) is 0 Å². The third-order valence-corrected chi connectivity index (χ3v) is 3.24. The molecule has 0 aliphatic heterocycles. The average Bonchev–Trinajstić information content (AvgIpc) is 2.83. The minimum atomic E-state index is 0.362. The van der Waals surface area contributed by atoms with Crippen molar-refractivity contribution in [2.24, 2.45) is 0 Å². The maximum absolute atomic E-state index is 8.83. The molecule has 3 nitrogen and oxygen atoms in total. The van der Waals surface area contributed by atoms with Crippen LogP contribution < -0.4 is 0 Å². The summed E-state index contributed by atoms with van der Waals surface area (Å²) < 4.78 is 2.00. The highest BCUT2D eigenvalue weighted by Gasteiger charge is 2.14. The number of nitrogens with zero attached hydrogens (tertiary/aromatic N) is 3. The number of nitriles is 1. The van der Waals surface area contributed by atoms with E-state index in [1.165, 1.54) is 5.56 Å². The fourth-order valence-corrected chi connectivity index (χ4v) is 2.23. The minimum Gasteiger partial charge on any atom is -0.237 e. The van der Waals surface area contributed by atoms with Crippen LogP contribution in [0.2, 0.25) is 0 Å². The molecule has 1 aromatic heterocycles. The van der Waals surface area contributed by atoms with Crippen molar-refractivity contribution >= 4 is 0 Å². The van der Waals surface area contributed by atoms with Crippen LogP contribution in [0.25, 0.3) is 5.69 Å². The van der Waals surface area contributed by atoms with Crippen LogP contribution in [0.3, 0.4) is 0 Å². The lowest BCUT2D eigenvalue weighted by Crippen LogP contribution is -2.06. The SMILES string of the molecule is CCc1ccccc1-n1nc(CC#N)cc1C(C)C. The fraction of sp³-hybridized carbons (Fsp3) is 0.375. The molecule has 0 bridgehead atoms. The molecule has 3 heteroatoms. The largest absolute Gasteiger partial charge is 0.237 e. The first kappa shape index (κ1) is 13.4. The molecule has 0 saturated carbocycles. The van der Waals surface area contributed by atoms with Crippen molar-refractivity contribution in [3.05, 3.63) is 47.3 Å². The Morgan fingerprint density at radius 1 is 1.32 bits per heavy atom. The van der Waals surface area contributed by atoms with Crippen molar-refractivity contribution in [1.82, 2.24) is 9.78 Å². The van der Waals surface area contributed by atoms with E-state index in [-0.39, 0.29) is 0 Å². The smallest absolute Gasteiger partial charge is 0.0793 e. The van der Waals surface area contributed by atoms with Crippen molar-refractivity contribution < 1.29 is 0 Å². The van der Waals surface area contributed by atoms with Crippen LogP contribution in [0.15, 0.2) is 30.3 Å². The Morgan fingerprint density at radius 2 is 2.05 bits per heavy atom. The number of benzene rings is 1. The first-order valence-corrected chi connectivity index (χ1v) is 6.71. The second kappa shape index (κ2) is 5.71. The fourth-order valence-electron chi connectivity index (χ4n) is 2.23. The quantitative estimate of drug-likeness (QED) is 0.835. The lowest BCUT2D eigenvalue weighted by molar-refractivity contribution is 0.724. The number of hydrogen-bond acceptors (Lipinski definition) is 2. The van der Waals surface area contributed by atoms with Crippen LogP contribution in [0.5, 0.6) is 0 Å². The molecule has 0 amide bonds. The summed E-state index contributed by atoms with van der Waals surface area (Å²) >= 11 is 0. The molecule has 1 aromatic carbocycles. The topological polar surface area (TPSA) is 41.6 Å². The summed E-state index contributed by atoms with van der Waals surface area (Å²) in [5.74, 6) is 0.379. The van der Waals surface area contributed by atoms with Gasteiger partial charge in [0, 0.05) is 5.69 Å². The van der Waals surface area contributed by atoms with Crippen molar-refractivity contribution in [2.45, 2.75) is 39.5 Å². The molecule has 0 saturated heterocycles. The van der Waals surface area contributed by atoms with Crippen LogP contribution in [-0.2, 0) is 12.8 Å². The summed E-state index contributed by atoms with van der Waals surface area (Å²) in [5.41, 5.74) is 4.40. The third-order valence-electron chi connectivity index (χ3n) is 3.24. The van der Waals surface area contributed by atoms with Gasteiger partial charge in [0.1, 0.15) is 0 Å². The van der Waals surface area contributed by atoms with Crippen molar-refractivity contribution in [3.8, 4) is 11.8 Å².